The fourth-order valence-corrected chi connectivity index (χ4v) is 5.81. The van der Waals surface area contributed by atoms with Gasteiger partial charge in [-0.2, -0.15) is 0 Å². The lowest BCUT2D eigenvalue weighted by atomic mass is 9.94. The first kappa shape index (κ1) is 24.6. The Morgan fingerprint density at radius 1 is 1.16 bits per heavy atom. The number of rotatable bonds is 6. The van der Waals surface area contributed by atoms with E-state index in [1.165, 1.54) is 11.3 Å². The fourth-order valence-electron chi connectivity index (χ4n) is 4.77. The Labute approximate surface area is 217 Å². The summed E-state index contributed by atoms with van der Waals surface area (Å²) in [6.45, 7) is 3.70. The molecule has 1 unspecified atom stereocenters. The average molecular weight is 518 g/mol. The molecule has 0 radical (unpaired) electrons. The van der Waals surface area contributed by atoms with E-state index in [2.05, 4.69) is 4.99 Å². The normalized spacial score (nSPS) is 15.5. The number of nitrogens with zero attached hydrogens (tertiary/aromatic N) is 3. The Morgan fingerprint density at radius 3 is 2.68 bits per heavy atom. The second-order valence-electron chi connectivity index (χ2n) is 8.62. The van der Waals surface area contributed by atoms with Gasteiger partial charge in [0.2, 0.25) is 0 Å². The molecule has 1 aliphatic heterocycles. The van der Waals surface area contributed by atoms with Crippen molar-refractivity contribution >= 4 is 34.3 Å². The van der Waals surface area contributed by atoms with Crippen LogP contribution in [0.3, 0.4) is 0 Å². The number of benzene rings is 2. The number of para-hydroxylation sites is 1. The van der Waals surface area contributed by atoms with Gasteiger partial charge in [0.15, 0.2) is 4.80 Å². The molecule has 190 valence electrons. The van der Waals surface area contributed by atoms with Crippen LogP contribution in [0.2, 0.25) is 0 Å². The number of fused-ring (bicyclic) bond motifs is 2. The van der Waals surface area contributed by atoms with Gasteiger partial charge >= 0.3 is 5.97 Å². The summed E-state index contributed by atoms with van der Waals surface area (Å²) in [6, 6.07) is 12.6. The SMILES string of the molecule is CCOC(=O)C1=C(C)N=c2s/c(=C/c3cn(C)c4ccccc34)c(=O)n2C1c1cc(OC)ccc1OC. The molecule has 1 aliphatic rings. The van der Waals surface area contributed by atoms with E-state index in [0.29, 0.717) is 32.1 Å². The van der Waals surface area contributed by atoms with E-state index in [1.807, 2.05) is 48.2 Å². The van der Waals surface area contributed by atoms with Gasteiger partial charge in [-0.3, -0.25) is 9.36 Å². The lowest BCUT2D eigenvalue weighted by molar-refractivity contribution is -0.139. The molecule has 9 heteroatoms. The number of carbonyl (C=O) groups is 1. The molecular weight excluding hydrogens is 490 g/mol. The third-order valence-corrected chi connectivity index (χ3v) is 7.45. The zero-order valence-corrected chi connectivity index (χ0v) is 22.1. The molecule has 0 N–H and O–H groups in total. The minimum absolute atomic E-state index is 0.198. The summed E-state index contributed by atoms with van der Waals surface area (Å²) in [5, 5.41) is 1.05. The first-order chi connectivity index (χ1) is 17.9. The quantitative estimate of drug-likeness (QED) is 0.367. The van der Waals surface area contributed by atoms with Crippen LogP contribution in [0.25, 0.3) is 17.0 Å². The number of thiazole rings is 1. The molecule has 1 atom stereocenters. The van der Waals surface area contributed by atoms with Crippen LogP contribution in [0.1, 0.15) is 31.0 Å². The van der Waals surface area contributed by atoms with E-state index in [-0.39, 0.29) is 17.7 Å². The Kier molecular flexibility index (Phi) is 6.47. The Morgan fingerprint density at radius 2 is 1.95 bits per heavy atom. The molecule has 5 rings (SSSR count). The molecule has 2 aromatic carbocycles. The number of aryl methyl sites for hydroxylation is 1. The maximum absolute atomic E-state index is 14.0. The van der Waals surface area contributed by atoms with Gasteiger partial charge in [-0.15, -0.1) is 0 Å². The molecule has 0 amide bonds. The highest BCUT2D eigenvalue weighted by molar-refractivity contribution is 7.07. The minimum atomic E-state index is -0.796. The van der Waals surface area contributed by atoms with Crippen molar-refractivity contribution in [1.29, 1.82) is 0 Å². The molecule has 4 aromatic rings. The number of esters is 1. The summed E-state index contributed by atoms with van der Waals surface area (Å²) >= 11 is 1.29. The van der Waals surface area contributed by atoms with Crippen molar-refractivity contribution in [3.05, 3.63) is 90.7 Å². The molecule has 0 saturated heterocycles. The molecule has 3 heterocycles. The minimum Gasteiger partial charge on any atom is -0.497 e. The summed E-state index contributed by atoms with van der Waals surface area (Å²) in [7, 11) is 5.09. The lowest BCUT2D eigenvalue weighted by Crippen LogP contribution is -2.40. The summed E-state index contributed by atoms with van der Waals surface area (Å²) in [6.07, 6.45) is 3.89. The van der Waals surface area contributed by atoms with Crippen LogP contribution in [0.5, 0.6) is 11.5 Å². The van der Waals surface area contributed by atoms with Crippen molar-refractivity contribution < 1.29 is 19.0 Å². The molecule has 8 nitrogen and oxygen atoms in total. The van der Waals surface area contributed by atoms with Gasteiger partial charge in [0.25, 0.3) is 5.56 Å². The van der Waals surface area contributed by atoms with Gasteiger partial charge in [-0.25, -0.2) is 9.79 Å². The standard InChI is InChI=1S/C28H27N3O5S/c1-6-36-27(33)24-16(2)29-28-31(25(24)20-14-18(34-4)11-12-22(20)35-5)26(32)23(37-28)13-17-15-30(3)21-10-8-7-9-19(17)21/h7-15,25H,6H2,1-5H3/b23-13+. The number of methoxy groups -OCH3 is 2. The second kappa shape index (κ2) is 9.74. The van der Waals surface area contributed by atoms with Gasteiger partial charge in [-0.05, 0) is 44.2 Å². The van der Waals surface area contributed by atoms with Crippen LogP contribution < -0.4 is 24.4 Å². The van der Waals surface area contributed by atoms with Crippen molar-refractivity contribution in [3.63, 3.8) is 0 Å². The first-order valence-corrected chi connectivity index (χ1v) is 12.6. The Balaban J connectivity index is 1.79. The highest BCUT2D eigenvalue weighted by atomic mass is 32.1. The van der Waals surface area contributed by atoms with E-state index in [1.54, 1.807) is 50.8 Å². The van der Waals surface area contributed by atoms with Crippen LogP contribution >= 0.6 is 11.3 Å². The molecule has 37 heavy (non-hydrogen) atoms. The van der Waals surface area contributed by atoms with Crippen molar-refractivity contribution in [1.82, 2.24) is 9.13 Å². The molecule has 0 saturated carbocycles. The predicted molar refractivity (Wildman–Crippen MR) is 143 cm³/mol. The molecule has 0 fully saturated rings. The van der Waals surface area contributed by atoms with Gasteiger partial charge < -0.3 is 18.8 Å². The Bertz CT molecular complexity index is 1740. The van der Waals surface area contributed by atoms with E-state index in [4.69, 9.17) is 14.2 Å². The number of carbonyl (C=O) groups excluding carboxylic acids is 1. The zero-order valence-electron chi connectivity index (χ0n) is 21.3. The number of hydrogen-bond acceptors (Lipinski definition) is 7. The largest absolute Gasteiger partial charge is 0.497 e. The van der Waals surface area contributed by atoms with Crippen LogP contribution in [0.15, 0.2) is 69.7 Å². The maximum Gasteiger partial charge on any atom is 0.338 e. The molecule has 0 aliphatic carbocycles. The molecule has 2 aromatic heterocycles. The maximum atomic E-state index is 14.0. The number of hydrogen-bond donors (Lipinski definition) is 0. The summed E-state index contributed by atoms with van der Waals surface area (Å²) in [5.41, 5.74) is 3.14. The monoisotopic (exact) mass is 517 g/mol. The van der Waals surface area contributed by atoms with Crippen LogP contribution in [-0.4, -0.2) is 35.9 Å². The topological polar surface area (TPSA) is 84.1 Å². The first-order valence-electron chi connectivity index (χ1n) is 11.8. The molecule has 0 spiro atoms. The lowest BCUT2D eigenvalue weighted by Gasteiger charge is -2.26. The summed E-state index contributed by atoms with van der Waals surface area (Å²) in [4.78, 5) is 32.3. The third kappa shape index (κ3) is 4.15. The van der Waals surface area contributed by atoms with E-state index in [9.17, 15) is 9.59 Å². The van der Waals surface area contributed by atoms with Crippen molar-refractivity contribution in [2.45, 2.75) is 19.9 Å². The second-order valence-corrected chi connectivity index (χ2v) is 9.63. The van der Waals surface area contributed by atoms with Crippen LogP contribution in [-0.2, 0) is 16.6 Å². The average Bonchev–Trinajstić information content (AvgIpc) is 3.38. The highest BCUT2D eigenvalue weighted by Gasteiger charge is 2.35. The highest BCUT2D eigenvalue weighted by Crippen LogP contribution is 2.37. The van der Waals surface area contributed by atoms with Crippen molar-refractivity contribution in [2.24, 2.45) is 12.0 Å². The summed E-state index contributed by atoms with van der Waals surface area (Å²) < 4.78 is 20.6. The zero-order chi connectivity index (χ0) is 26.3. The van der Waals surface area contributed by atoms with Crippen molar-refractivity contribution in [3.8, 4) is 11.5 Å². The molecular formula is C28H27N3O5S. The molecule has 0 bridgehead atoms. The van der Waals surface area contributed by atoms with Gasteiger partial charge in [0.05, 0.1) is 36.6 Å². The van der Waals surface area contributed by atoms with E-state index >= 15 is 0 Å². The van der Waals surface area contributed by atoms with Gasteiger partial charge in [0.1, 0.15) is 17.5 Å². The fraction of sp³-hybridized carbons (Fsp3) is 0.250. The van der Waals surface area contributed by atoms with Gasteiger partial charge in [-0.1, -0.05) is 29.5 Å². The predicted octanol–water partition coefficient (Wildman–Crippen LogP) is 3.31. The Hall–Kier alpha value is -4.11. The van der Waals surface area contributed by atoms with Crippen LogP contribution in [0.4, 0.5) is 0 Å². The number of allylic oxidation sites excluding steroid dienone is 1. The van der Waals surface area contributed by atoms with E-state index < -0.39 is 12.0 Å². The summed E-state index contributed by atoms with van der Waals surface area (Å²) in [5.74, 6) is 0.569. The van der Waals surface area contributed by atoms with E-state index in [0.717, 1.165) is 16.5 Å². The number of ether oxygens (including phenoxy) is 3. The van der Waals surface area contributed by atoms with Crippen LogP contribution in [0, 0.1) is 0 Å². The van der Waals surface area contributed by atoms with Gasteiger partial charge in [0, 0.05) is 35.3 Å². The number of aromatic nitrogens is 2. The smallest absolute Gasteiger partial charge is 0.338 e. The third-order valence-electron chi connectivity index (χ3n) is 6.46. The van der Waals surface area contributed by atoms with Crippen molar-refractivity contribution in [2.75, 3.05) is 20.8 Å².